The zero-order valence-corrected chi connectivity index (χ0v) is 24.9. The van der Waals surface area contributed by atoms with Gasteiger partial charge in [-0.2, -0.15) is 0 Å². The molecule has 8 heteroatoms. The summed E-state index contributed by atoms with van der Waals surface area (Å²) in [5.74, 6) is 0.501. The Morgan fingerprint density at radius 2 is 1.62 bits per heavy atom. The monoisotopic (exact) mass is 600 g/mol. The number of nitrogens with zero attached hydrogens (tertiary/aromatic N) is 3. The molecule has 0 aliphatic heterocycles. The van der Waals surface area contributed by atoms with E-state index in [1.807, 2.05) is 67.6 Å². The second-order valence-corrected chi connectivity index (χ2v) is 9.96. The van der Waals surface area contributed by atoms with Crippen LogP contribution in [-0.4, -0.2) is 19.7 Å². The molecule has 0 spiro atoms. The lowest BCUT2D eigenvalue weighted by atomic mass is 9.96. The summed E-state index contributed by atoms with van der Waals surface area (Å²) in [5, 5.41) is 3.85. The normalized spacial score (nSPS) is 10.9. The van der Waals surface area contributed by atoms with Gasteiger partial charge in [-0.25, -0.2) is 9.78 Å². The molecule has 2 aromatic heterocycles. The highest BCUT2D eigenvalue weighted by Crippen LogP contribution is 2.30. The van der Waals surface area contributed by atoms with Gasteiger partial charge in [0.15, 0.2) is 5.82 Å². The fraction of sp³-hybridized carbons (Fsp3) is 0.250. The zero-order chi connectivity index (χ0) is 27.5. The van der Waals surface area contributed by atoms with Gasteiger partial charge in [0.1, 0.15) is 5.82 Å². The van der Waals surface area contributed by atoms with E-state index >= 15 is 0 Å². The third-order valence-corrected chi connectivity index (χ3v) is 7.21. The number of hydrogen-bond donors (Lipinski definition) is 1. The van der Waals surface area contributed by atoms with Crippen LogP contribution >= 0.6 is 17.0 Å². The molecule has 2 heterocycles. The summed E-state index contributed by atoms with van der Waals surface area (Å²) in [7, 11) is 0. The number of rotatable bonds is 8. The maximum atomic E-state index is 13.9. The zero-order valence-electron chi connectivity index (χ0n) is 23.2. The summed E-state index contributed by atoms with van der Waals surface area (Å²) < 4.78 is 6.45. The third kappa shape index (κ3) is 5.92. The SMILES string of the molecule is Br.CCCCc1nc(C)n(-c2ccc(C)c(C)c2)c(=O)c1Cc1ccc(-c2ccccc2-c2noc(=O)[nH]2)cc1. The van der Waals surface area contributed by atoms with Crippen molar-refractivity contribution in [2.24, 2.45) is 0 Å². The molecular formula is C32H33BrN4O3. The topological polar surface area (TPSA) is 93.8 Å². The highest BCUT2D eigenvalue weighted by Gasteiger charge is 2.17. The molecule has 5 rings (SSSR count). The molecule has 0 bridgehead atoms. The standard InChI is InChI=1S/C32H32N4O3.BrH/c1-5-6-11-29-28(31(37)36(22(4)33-29)25-17-12-20(2)21(3)18-25)19-23-13-15-24(16-14-23)26-9-7-8-10-27(26)30-34-32(38)39-35-30;/h7-10,12-18H,5-6,11,19H2,1-4H3,(H,34,35,38);1H. The van der Waals surface area contributed by atoms with E-state index in [4.69, 9.17) is 9.51 Å². The molecule has 0 atom stereocenters. The van der Waals surface area contributed by atoms with Gasteiger partial charge >= 0.3 is 5.76 Å². The van der Waals surface area contributed by atoms with Gasteiger partial charge in [-0.15, -0.1) is 17.0 Å². The van der Waals surface area contributed by atoms with E-state index in [0.717, 1.165) is 64.0 Å². The van der Waals surface area contributed by atoms with Crippen LogP contribution in [0.3, 0.4) is 0 Å². The van der Waals surface area contributed by atoms with E-state index in [1.54, 1.807) is 4.57 Å². The van der Waals surface area contributed by atoms with E-state index < -0.39 is 5.76 Å². The van der Waals surface area contributed by atoms with Crippen LogP contribution in [0.15, 0.2) is 80.8 Å². The van der Waals surface area contributed by atoms with Crippen molar-refractivity contribution in [3.63, 3.8) is 0 Å². The number of nitrogens with one attached hydrogen (secondary N) is 1. The number of aryl methyl sites for hydroxylation is 4. The number of halogens is 1. The first kappa shape index (κ1) is 29.0. The highest BCUT2D eigenvalue weighted by atomic mass is 79.9. The number of unbranched alkanes of at least 4 members (excludes halogenated alkanes) is 1. The average Bonchev–Trinajstić information content (AvgIpc) is 3.37. The van der Waals surface area contributed by atoms with Crippen molar-refractivity contribution in [2.45, 2.75) is 53.4 Å². The molecule has 206 valence electrons. The van der Waals surface area contributed by atoms with E-state index in [-0.39, 0.29) is 22.5 Å². The minimum absolute atomic E-state index is 0. The largest absolute Gasteiger partial charge is 0.439 e. The summed E-state index contributed by atoms with van der Waals surface area (Å²) in [6.45, 7) is 8.18. The Balaban J connectivity index is 0.00000370. The maximum Gasteiger partial charge on any atom is 0.439 e. The smallest absolute Gasteiger partial charge is 0.296 e. The number of benzene rings is 3. The van der Waals surface area contributed by atoms with Crippen molar-refractivity contribution < 1.29 is 4.52 Å². The number of aromatic amines is 1. The van der Waals surface area contributed by atoms with E-state index in [2.05, 4.69) is 37.0 Å². The molecule has 1 N–H and O–H groups in total. The van der Waals surface area contributed by atoms with Crippen LogP contribution in [-0.2, 0) is 12.8 Å². The highest BCUT2D eigenvalue weighted by molar-refractivity contribution is 8.93. The molecule has 0 aliphatic rings. The van der Waals surface area contributed by atoms with Crippen LogP contribution in [0.2, 0.25) is 0 Å². The quantitative estimate of drug-likeness (QED) is 0.214. The van der Waals surface area contributed by atoms with Crippen molar-refractivity contribution in [1.82, 2.24) is 19.7 Å². The number of aromatic nitrogens is 4. The van der Waals surface area contributed by atoms with Gasteiger partial charge in [-0.3, -0.25) is 18.9 Å². The summed E-state index contributed by atoms with van der Waals surface area (Å²) in [4.78, 5) is 33.0. The molecule has 5 aromatic rings. The fourth-order valence-electron chi connectivity index (χ4n) is 4.91. The lowest BCUT2D eigenvalue weighted by molar-refractivity contribution is 0.388. The Bertz CT molecular complexity index is 1750. The second kappa shape index (κ2) is 12.4. The van der Waals surface area contributed by atoms with Gasteiger partial charge in [0, 0.05) is 17.5 Å². The van der Waals surface area contributed by atoms with Crippen LogP contribution in [0.1, 0.15) is 53.5 Å². The van der Waals surface area contributed by atoms with Crippen LogP contribution in [0.5, 0.6) is 0 Å². The molecule has 7 nitrogen and oxygen atoms in total. The summed E-state index contributed by atoms with van der Waals surface area (Å²) in [5.41, 5.74) is 8.47. The van der Waals surface area contributed by atoms with Gasteiger partial charge in [0.25, 0.3) is 5.56 Å². The summed E-state index contributed by atoms with van der Waals surface area (Å²) in [6, 6.07) is 21.9. The van der Waals surface area contributed by atoms with E-state index in [1.165, 1.54) is 5.56 Å². The first-order chi connectivity index (χ1) is 18.9. The molecule has 3 aromatic carbocycles. The molecule has 0 radical (unpaired) electrons. The van der Waals surface area contributed by atoms with Gasteiger partial charge in [0.2, 0.25) is 0 Å². The Morgan fingerprint density at radius 1 is 0.900 bits per heavy atom. The van der Waals surface area contributed by atoms with Crippen molar-refractivity contribution in [3.8, 4) is 28.2 Å². The van der Waals surface area contributed by atoms with Crippen molar-refractivity contribution in [1.29, 1.82) is 0 Å². The lowest BCUT2D eigenvalue weighted by Crippen LogP contribution is -2.28. The van der Waals surface area contributed by atoms with Crippen LogP contribution in [0.4, 0.5) is 0 Å². The minimum atomic E-state index is -0.591. The van der Waals surface area contributed by atoms with E-state index in [9.17, 15) is 9.59 Å². The Morgan fingerprint density at radius 3 is 2.27 bits per heavy atom. The van der Waals surface area contributed by atoms with Crippen molar-refractivity contribution >= 4 is 17.0 Å². The predicted octanol–water partition coefficient (Wildman–Crippen LogP) is 6.68. The fourth-order valence-corrected chi connectivity index (χ4v) is 4.91. The molecule has 0 amide bonds. The number of H-pyrrole nitrogens is 1. The third-order valence-electron chi connectivity index (χ3n) is 7.21. The van der Waals surface area contributed by atoms with Crippen LogP contribution in [0.25, 0.3) is 28.2 Å². The van der Waals surface area contributed by atoms with Crippen molar-refractivity contribution in [3.05, 3.63) is 121 Å². The lowest BCUT2D eigenvalue weighted by Gasteiger charge is -2.17. The van der Waals surface area contributed by atoms with Gasteiger partial charge < -0.3 is 0 Å². The van der Waals surface area contributed by atoms with Gasteiger partial charge in [0.05, 0.1) is 11.4 Å². The first-order valence-electron chi connectivity index (χ1n) is 13.3. The van der Waals surface area contributed by atoms with Crippen LogP contribution < -0.4 is 11.3 Å². The molecular weight excluding hydrogens is 568 g/mol. The first-order valence-corrected chi connectivity index (χ1v) is 13.3. The molecule has 0 aliphatic carbocycles. The molecule has 0 fully saturated rings. The Hall–Kier alpha value is -4.04. The molecule has 40 heavy (non-hydrogen) atoms. The van der Waals surface area contributed by atoms with E-state index in [0.29, 0.717) is 18.1 Å². The second-order valence-electron chi connectivity index (χ2n) is 9.96. The maximum absolute atomic E-state index is 13.9. The number of hydrogen-bond acceptors (Lipinski definition) is 5. The predicted molar refractivity (Wildman–Crippen MR) is 164 cm³/mol. The molecule has 0 saturated carbocycles. The molecule has 0 unspecified atom stereocenters. The Labute approximate surface area is 243 Å². The molecule has 0 saturated heterocycles. The Kier molecular flexibility index (Phi) is 9.00. The van der Waals surface area contributed by atoms with Gasteiger partial charge in [-0.1, -0.05) is 73.1 Å². The van der Waals surface area contributed by atoms with Gasteiger partial charge in [-0.05, 0) is 73.6 Å². The van der Waals surface area contributed by atoms with Crippen LogP contribution in [0, 0.1) is 20.8 Å². The van der Waals surface area contributed by atoms with Crippen molar-refractivity contribution in [2.75, 3.05) is 0 Å². The summed E-state index contributed by atoms with van der Waals surface area (Å²) >= 11 is 0. The average molecular weight is 602 g/mol. The summed E-state index contributed by atoms with van der Waals surface area (Å²) in [6.07, 6.45) is 3.28. The minimum Gasteiger partial charge on any atom is -0.296 e.